The predicted molar refractivity (Wildman–Crippen MR) is 44.0 cm³/mol. The van der Waals surface area contributed by atoms with Crippen molar-refractivity contribution in [2.45, 2.75) is 6.10 Å². The molecule has 0 amide bonds. The molecule has 0 saturated carbocycles. The number of nitrogens with one attached hydrogen (secondary N) is 1. The minimum absolute atomic E-state index is 0.192. The molecule has 2 N–H and O–H groups in total. The Balaban J connectivity index is 2.98. The number of aromatic nitrogens is 2. The maximum absolute atomic E-state index is 10.3. The molecule has 66 valence electrons. The van der Waals surface area contributed by atoms with Gasteiger partial charge in [0.15, 0.2) is 0 Å². The van der Waals surface area contributed by atoms with Crippen LogP contribution in [0.2, 0.25) is 0 Å². The SMILES string of the molecule is O=[N+]([O-])c1[nH]ncc1C(O)CBr. The van der Waals surface area contributed by atoms with Gasteiger partial charge in [-0.2, -0.15) is 0 Å². The Bertz CT molecular complexity index is 287. The summed E-state index contributed by atoms with van der Waals surface area (Å²) in [5.41, 5.74) is 0.192. The van der Waals surface area contributed by atoms with Crippen LogP contribution in [0.5, 0.6) is 0 Å². The molecule has 0 saturated heterocycles. The van der Waals surface area contributed by atoms with E-state index in [0.29, 0.717) is 0 Å². The summed E-state index contributed by atoms with van der Waals surface area (Å²) in [6.07, 6.45) is 0.341. The van der Waals surface area contributed by atoms with E-state index >= 15 is 0 Å². The summed E-state index contributed by atoms with van der Waals surface area (Å²) in [4.78, 5) is 9.69. The zero-order chi connectivity index (χ0) is 9.14. The molecule has 0 fully saturated rings. The van der Waals surface area contributed by atoms with Crippen LogP contribution in [0, 0.1) is 10.1 Å². The number of aliphatic hydroxyl groups is 1. The van der Waals surface area contributed by atoms with Crippen LogP contribution in [-0.2, 0) is 0 Å². The summed E-state index contributed by atoms with van der Waals surface area (Å²) in [6, 6.07) is 0. The van der Waals surface area contributed by atoms with Crippen LogP contribution in [0.4, 0.5) is 5.82 Å². The lowest BCUT2D eigenvalue weighted by atomic mass is 10.2. The van der Waals surface area contributed by atoms with E-state index in [1.165, 1.54) is 6.20 Å². The third-order valence-corrected chi connectivity index (χ3v) is 1.95. The Labute approximate surface area is 75.9 Å². The quantitative estimate of drug-likeness (QED) is 0.460. The second kappa shape index (κ2) is 3.63. The van der Waals surface area contributed by atoms with Crippen molar-refractivity contribution in [2.24, 2.45) is 0 Å². The number of H-pyrrole nitrogens is 1. The van der Waals surface area contributed by atoms with Crippen molar-refractivity contribution in [3.05, 3.63) is 21.9 Å². The maximum atomic E-state index is 10.3. The van der Waals surface area contributed by atoms with E-state index in [0.717, 1.165) is 0 Å². The Morgan fingerprint density at radius 3 is 3.08 bits per heavy atom. The number of alkyl halides is 1. The number of aromatic amines is 1. The van der Waals surface area contributed by atoms with Crippen molar-refractivity contribution in [3.63, 3.8) is 0 Å². The highest BCUT2D eigenvalue weighted by atomic mass is 79.9. The molecule has 0 bridgehead atoms. The molecule has 0 spiro atoms. The van der Waals surface area contributed by atoms with E-state index in [1.54, 1.807) is 0 Å². The third-order valence-electron chi connectivity index (χ3n) is 1.34. The Morgan fingerprint density at radius 1 is 1.92 bits per heavy atom. The molecule has 1 rings (SSSR count). The van der Waals surface area contributed by atoms with Crippen LogP contribution in [0.1, 0.15) is 11.7 Å². The van der Waals surface area contributed by atoms with Gasteiger partial charge in [-0.3, -0.25) is 0 Å². The minimum atomic E-state index is -0.899. The molecule has 1 aromatic rings. The summed E-state index contributed by atoms with van der Waals surface area (Å²) in [7, 11) is 0. The van der Waals surface area contributed by atoms with Gasteiger partial charge in [-0.15, -0.1) is 5.10 Å². The van der Waals surface area contributed by atoms with Gasteiger partial charge in [-0.05, 0) is 4.92 Å². The number of hydrogen-bond acceptors (Lipinski definition) is 4. The minimum Gasteiger partial charge on any atom is -0.387 e. The molecular formula is C5H6BrN3O3. The van der Waals surface area contributed by atoms with Crippen molar-refractivity contribution in [1.29, 1.82) is 0 Å². The lowest BCUT2D eigenvalue weighted by Crippen LogP contribution is -2.01. The molecular weight excluding hydrogens is 230 g/mol. The largest absolute Gasteiger partial charge is 0.387 e. The predicted octanol–water partition coefficient (Wildman–Crippen LogP) is 0.746. The van der Waals surface area contributed by atoms with E-state index in [2.05, 4.69) is 26.1 Å². The van der Waals surface area contributed by atoms with Crippen LogP contribution < -0.4 is 0 Å². The first-order chi connectivity index (χ1) is 5.66. The molecule has 1 unspecified atom stereocenters. The Hall–Kier alpha value is -0.950. The van der Waals surface area contributed by atoms with Crippen molar-refractivity contribution in [2.75, 3.05) is 5.33 Å². The number of aliphatic hydroxyl groups excluding tert-OH is 1. The number of nitro groups is 1. The fraction of sp³-hybridized carbons (Fsp3) is 0.400. The molecule has 0 aliphatic rings. The van der Waals surface area contributed by atoms with Gasteiger partial charge in [0, 0.05) is 5.33 Å². The highest BCUT2D eigenvalue weighted by Crippen LogP contribution is 2.22. The molecule has 7 heteroatoms. The molecule has 0 radical (unpaired) electrons. The number of hydrogen-bond donors (Lipinski definition) is 2. The lowest BCUT2D eigenvalue weighted by molar-refractivity contribution is -0.390. The molecule has 1 heterocycles. The van der Waals surface area contributed by atoms with Gasteiger partial charge in [-0.1, -0.05) is 21.0 Å². The van der Waals surface area contributed by atoms with Crippen LogP contribution in [0.25, 0.3) is 0 Å². The topological polar surface area (TPSA) is 92.0 Å². The molecule has 6 nitrogen and oxygen atoms in total. The average Bonchev–Trinajstić information content (AvgIpc) is 2.50. The van der Waals surface area contributed by atoms with Gasteiger partial charge >= 0.3 is 5.82 Å². The third kappa shape index (κ3) is 1.62. The monoisotopic (exact) mass is 235 g/mol. The zero-order valence-electron chi connectivity index (χ0n) is 5.90. The van der Waals surface area contributed by atoms with Crippen LogP contribution in [0.3, 0.4) is 0 Å². The highest BCUT2D eigenvalue weighted by Gasteiger charge is 2.20. The second-order valence-corrected chi connectivity index (χ2v) is 2.75. The summed E-state index contributed by atoms with van der Waals surface area (Å²) in [5, 5.41) is 25.4. The van der Waals surface area contributed by atoms with Gasteiger partial charge in [0.2, 0.25) is 0 Å². The van der Waals surface area contributed by atoms with Crippen molar-refractivity contribution >= 4 is 21.7 Å². The van der Waals surface area contributed by atoms with E-state index < -0.39 is 11.0 Å². The van der Waals surface area contributed by atoms with Gasteiger partial charge in [-0.25, -0.2) is 0 Å². The second-order valence-electron chi connectivity index (χ2n) is 2.10. The van der Waals surface area contributed by atoms with E-state index in [-0.39, 0.29) is 16.7 Å². The standard InChI is InChI=1S/C5H6BrN3O3/c6-1-4(10)3-2-7-8-5(3)9(11)12/h2,4,10H,1H2,(H,7,8). The zero-order valence-corrected chi connectivity index (χ0v) is 7.48. The number of halogens is 1. The van der Waals surface area contributed by atoms with Crippen LogP contribution >= 0.6 is 15.9 Å². The first kappa shape index (κ1) is 9.14. The van der Waals surface area contributed by atoms with E-state index in [1.807, 2.05) is 0 Å². The maximum Gasteiger partial charge on any atom is 0.348 e. The summed E-state index contributed by atoms with van der Waals surface area (Å²) >= 11 is 3.01. The fourth-order valence-corrected chi connectivity index (χ4v) is 1.11. The van der Waals surface area contributed by atoms with Crippen LogP contribution in [0.15, 0.2) is 6.20 Å². The van der Waals surface area contributed by atoms with Crippen LogP contribution in [-0.4, -0.2) is 25.6 Å². The summed E-state index contributed by atoms with van der Waals surface area (Å²) in [5.74, 6) is -0.262. The van der Waals surface area contributed by atoms with Crippen molar-refractivity contribution in [1.82, 2.24) is 10.2 Å². The van der Waals surface area contributed by atoms with Crippen molar-refractivity contribution in [3.8, 4) is 0 Å². The Kier molecular flexibility index (Phi) is 2.77. The first-order valence-corrected chi connectivity index (χ1v) is 4.20. The number of rotatable bonds is 3. The fourth-order valence-electron chi connectivity index (χ4n) is 0.762. The highest BCUT2D eigenvalue weighted by molar-refractivity contribution is 9.09. The molecule has 0 aliphatic heterocycles. The van der Waals surface area contributed by atoms with Gasteiger partial charge in [0.05, 0.1) is 17.9 Å². The molecule has 1 atom stereocenters. The summed E-state index contributed by atoms with van der Waals surface area (Å²) in [6.45, 7) is 0. The van der Waals surface area contributed by atoms with Gasteiger partial charge in [0.1, 0.15) is 0 Å². The normalized spacial score (nSPS) is 12.8. The lowest BCUT2D eigenvalue weighted by Gasteiger charge is -2.01. The molecule has 0 aliphatic carbocycles. The molecule has 0 aromatic carbocycles. The van der Waals surface area contributed by atoms with E-state index in [4.69, 9.17) is 0 Å². The number of nitrogens with zero attached hydrogens (tertiary/aromatic N) is 2. The molecule has 1 aromatic heterocycles. The average molecular weight is 236 g/mol. The first-order valence-electron chi connectivity index (χ1n) is 3.08. The van der Waals surface area contributed by atoms with Gasteiger partial charge in [0.25, 0.3) is 0 Å². The smallest absolute Gasteiger partial charge is 0.348 e. The van der Waals surface area contributed by atoms with Crippen molar-refractivity contribution < 1.29 is 10.0 Å². The van der Waals surface area contributed by atoms with E-state index in [9.17, 15) is 15.2 Å². The molecule has 12 heavy (non-hydrogen) atoms. The summed E-state index contributed by atoms with van der Waals surface area (Å²) < 4.78 is 0. The Morgan fingerprint density at radius 2 is 2.58 bits per heavy atom. The van der Waals surface area contributed by atoms with Gasteiger partial charge < -0.3 is 15.2 Å².